The van der Waals surface area contributed by atoms with E-state index in [-0.39, 0.29) is 58.0 Å². The van der Waals surface area contributed by atoms with Crippen LogP contribution in [0.2, 0.25) is 0 Å². The minimum Gasteiger partial charge on any atom is -0.338 e. The molecular weight excluding hydrogens is 623 g/mol. The standard InChI is InChI=1S/C29H36F3N11O2S/c30-29(31,32)46-23-3-1-2-22(10-23)37-25(45)11-24(44)16-4-6-21(7-5-16)38-26-39-27(42-12-17(33)8-18(34)13-42)41-28(40-26)43-14-19(35)9-20(36)15-43/h1-7,10,17-20H,8-9,11-15,33-36H2,(H,37,45)(H,38,39,40,41)/t17-,18+,19-,20+. The summed E-state index contributed by atoms with van der Waals surface area (Å²) < 4.78 is 38.0. The molecule has 3 heterocycles. The maximum atomic E-state index is 12.8. The van der Waals surface area contributed by atoms with E-state index in [1.165, 1.54) is 24.3 Å². The Balaban J connectivity index is 1.27. The molecule has 0 aliphatic carbocycles. The SMILES string of the molecule is N[C@@H]1C[C@H](N)CN(c2nc(Nc3ccc(C(=O)CC(=O)Nc4cccc(SC(F)(F)F)c4)cc3)nc(N3C[C@H](N)C[C@H](N)C3)n2)C1. The molecule has 0 bridgehead atoms. The average Bonchev–Trinajstić information content (AvgIpc) is 2.95. The lowest BCUT2D eigenvalue weighted by Crippen LogP contribution is -2.54. The van der Waals surface area contributed by atoms with Crippen LogP contribution in [0.1, 0.15) is 29.6 Å². The third-order valence-electron chi connectivity index (χ3n) is 7.34. The van der Waals surface area contributed by atoms with E-state index in [0.717, 1.165) is 0 Å². The summed E-state index contributed by atoms with van der Waals surface area (Å²) in [6, 6.07) is 11.2. The van der Waals surface area contributed by atoms with Crippen LogP contribution >= 0.6 is 11.8 Å². The highest BCUT2D eigenvalue weighted by molar-refractivity contribution is 8.00. The highest BCUT2D eigenvalue weighted by atomic mass is 32.2. The van der Waals surface area contributed by atoms with Crippen LogP contribution in [-0.4, -0.2) is 82.5 Å². The van der Waals surface area contributed by atoms with Gasteiger partial charge in [0, 0.05) is 72.2 Å². The van der Waals surface area contributed by atoms with Crippen LogP contribution in [0.15, 0.2) is 53.4 Å². The Morgan fingerprint density at radius 2 is 1.35 bits per heavy atom. The minimum atomic E-state index is -4.46. The maximum Gasteiger partial charge on any atom is 0.446 e. The summed E-state index contributed by atoms with van der Waals surface area (Å²) in [5, 5.41) is 5.63. The molecule has 0 saturated carbocycles. The number of thioether (sulfide) groups is 1. The predicted molar refractivity (Wildman–Crippen MR) is 171 cm³/mol. The van der Waals surface area contributed by atoms with Crippen LogP contribution in [0.3, 0.4) is 0 Å². The second-order valence-corrected chi connectivity index (χ2v) is 12.6. The fourth-order valence-electron chi connectivity index (χ4n) is 5.47. The Bertz CT molecular complexity index is 1480. The van der Waals surface area contributed by atoms with E-state index in [2.05, 4.69) is 20.6 Å². The molecule has 3 aromatic rings. The summed E-state index contributed by atoms with van der Waals surface area (Å²) in [7, 11) is 0. The molecule has 2 saturated heterocycles. The number of anilines is 5. The van der Waals surface area contributed by atoms with Crippen molar-refractivity contribution >= 4 is 52.7 Å². The van der Waals surface area contributed by atoms with E-state index in [1.807, 2.05) is 9.80 Å². The van der Waals surface area contributed by atoms with Gasteiger partial charge in [-0.15, -0.1) is 0 Å². The molecule has 2 fully saturated rings. The Morgan fingerprint density at radius 1 is 0.804 bits per heavy atom. The predicted octanol–water partition coefficient (Wildman–Crippen LogP) is 2.17. The third-order valence-corrected chi connectivity index (χ3v) is 8.06. The van der Waals surface area contributed by atoms with Gasteiger partial charge in [0.1, 0.15) is 0 Å². The van der Waals surface area contributed by atoms with E-state index in [0.29, 0.717) is 56.6 Å². The molecule has 246 valence electrons. The molecular formula is C29H36F3N11O2S. The summed E-state index contributed by atoms with van der Waals surface area (Å²) in [6.45, 7) is 2.10. The zero-order valence-corrected chi connectivity index (χ0v) is 25.6. The number of halogens is 3. The molecule has 13 nitrogen and oxygen atoms in total. The average molecular weight is 660 g/mol. The van der Waals surface area contributed by atoms with Crippen molar-refractivity contribution in [3.05, 3.63) is 54.1 Å². The number of benzene rings is 2. The van der Waals surface area contributed by atoms with Crippen molar-refractivity contribution in [1.29, 1.82) is 0 Å². The van der Waals surface area contributed by atoms with Crippen molar-refractivity contribution in [1.82, 2.24) is 15.0 Å². The first-order valence-electron chi connectivity index (χ1n) is 14.6. The Morgan fingerprint density at radius 3 is 1.87 bits per heavy atom. The second kappa shape index (κ2) is 14.2. The number of nitrogens with zero attached hydrogens (tertiary/aromatic N) is 5. The lowest BCUT2D eigenvalue weighted by Gasteiger charge is -2.37. The summed E-state index contributed by atoms with van der Waals surface area (Å²) in [4.78, 5) is 43.0. The highest BCUT2D eigenvalue weighted by Crippen LogP contribution is 2.37. The number of carbonyl (C=O) groups excluding carboxylic acids is 2. The number of amides is 1. The zero-order chi connectivity index (χ0) is 33.0. The topological polar surface area (TPSA) is 207 Å². The van der Waals surface area contributed by atoms with Gasteiger partial charge < -0.3 is 43.4 Å². The fraction of sp³-hybridized carbons (Fsp3) is 0.414. The number of aromatic nitrogens is 3. The van der Waals surface area contributed by atoms with Gasteiger partial charge in [-0.05, 0) is 67.1 Å². The Labute approximate surface area is 267 Å². The number of hydrogen-bond donors (Lipinski definition) is 6. The lowest BCUT2D eigenvalue weighted by molar-refractivity contribution is -0.115. The number of Topliss-reactive ketones (excluding diaryl/α,β-unsaturated/α-hetero) is 1. The van der Waals surface area contributed by atoms with E-state index in [1.54, 1.807) is 24.3 Å². The van der Waals surface area contributed by atoms with Crippen molar-refractivity contribution in [2.75, 3.05) is 46.6 Å². The van der Waals surface area contributed by atoms with Gasteiger partial charge in [-0.25, -0.2) is 0 Å². The maximum absolute atomic E-state index is 12.8. The van der Waals surface area contributed by atoms with Crippen LogP contribution in [-0.2, 0) is 4.79 Å². The number of hydrogen-bond acceptors (Lipinski definition) is 13. The van der Waals surface area contributed by atoms with E-state index >= 15 is 0 Å². The number of ketones is 1. The molecule has 2 aromatic carbocycles. The molecule has 2 aliphatic rings. The number of carbonyl (C=O) groups is 2. The zero-order valence-electron chi connectivity index (χ0n) is 24.8. The quantitative estimate of drug-likeness (QED) is 0.111. The number of alkyl halides is 3. The van der Waals surface area contributed by atoms with Crippen molar-refractivity contribution in [3.8, 4) is 0 Å². The largest absolute Gasteiger partial charge is 0.446 e. The molecule has 0 spiro atoms. The van der Waals surface area contributed by atoms with E-state index in [4.69, 9.17) is 27.9 Å². The Kier molecular flexibility index (Phi) is 10.3. The molecule has 0 unspecified atom stereocenters. The first kappa shape index (κ1) is 33.3. The first-order chi connectivity index (χ1) is 21.8. The van der Waals surface area contributed by atoms with Gasteiger partial charge in [-0.3, -0.25) is 9.59 Å². The summed E-state index contributed by atoms with van der Waals surface area (Å²) in [5.41, 5.74) is 21.4. The summed E-state index contributed by atoms with van der Waals surface area (Å²) in [6.07, 6.45) is 0.886. The van der Waals surface area contributed by atoms with E-state index in [9.17, 15) is 22.8 Å². The molecule has 1 aromatic heterocycles. The Hall–Kier alpha value is -4.03. The summed E-state index contributed by atoms with van der Waals surface area (Å²) >= 11 is -0.291. The summed E-state index contributed by atoms with van der Waals surface area (Å²) in [5.74, 6) is -0.0480. The molecule has 17 heteroatoms. The minimum absolute atomic E-state index is 0.0803. The molecule has 1 amide bonds. The third kappa shape index (κ3) is 9.26. The first-order valence-corrected chi connectivity index (χ1v) is 15.5. The monoisotopic (exact) mass is 659 g/mol. The molecule has 4 atom stereocenters. The van der Waals surface area contributed by atoms with Crippen LogP contribution in [0, 0.1) is 0 Å². The van der Waals surface area contributed by atoms with Gasteiger partial charge in [0.05, 0.1) is 6.42 Å². The molecule has 0 radical (unpaired) electrons. The van der Waals surface area contributed by atoms with Gasteiger partial charge in [0.15, 0.2) is 5.78 Å². The number of nitrogens with two attached hydrogens (primary N) is 4. The number of rotatable bonds is 9. The van der Waals surface area contributed by atoms with Gasteiger partial charge in [-0.2, -0.15) is 28.1 Å². The van der Waals surface area contributed by atoms with Crippen molar-refractivity contribution in [3.63, 3.8) is 0 Å². The smallest absolute Gasteiger partial charge is 0.338 e. The van der Waals surface area contributed by atoms with Gasteiger partial charge in [0.25, 0.3) is 0 Å². The van der Waals surface area contributed by atoms with Crippen molar-refractivity contribution in [2.24, 2.45) is 22.9 Å². The van der Waals surface area contributed by atoms with Crippen LogP contribution in [0.25, 0.3) is 0 Å². The molecule has 2 aliphatic heterocycles. The van der Waals surface area contributed by atoms with Crippen LogP contribution in [0.5, 0.6) is 0 Å². The number of piperidine rings is 2. The highest BCUT2D eigenvalue weighted by Gasteiger charge is 2.30. The van der Waals surface area contributed by atoms with Crippen molar-refractivity contribution < 1.29 is 22.8 Å². The number of nitrogens with one attached hydrogen (secondary N) is 2. The fourth-order valence-corrected chi connectivity index (χ4v) is 6.07. The van der Waals surface area contributed by atoms with Gasteiger partial charge in [0.2, 0.25) is 23.8 Å². The van der Waals surface area contributed by atoms with E-state index < -0.39 is 23.6 Å². The second-order valence-electron chi connectivity index (χ2n) is 11.5. The van der Waals surface area contributed by atoms with Crippen LogP contribution < -0.4 is 43.4 Å². The van der Waals surface area contributed by atoms with Crippen LogP contribution in [0.4, 0.5) is 42.4 Å². The van der Waals surface area contributed by atoms with Crippen molar-refractivity contribution in [2.45, 2.75) is 53.8 Å². The van der Waals surface area contributed by atoms with Gasteiger partial charge in [-0.1, -0.05) is 6.07 Å². The molecule has 5 rings (SSSR count). The lowest BCUT2D eigenvalue weighted by atomic mass is 10.0. The van der Waals surface area contributed by atoms with Gasteiger partial charge >= 0.3 is 5.51 Å². The molecule has 10 N–H and O–H groups in total. The normalized spacial score (nSPS) is 22.0. The molecule has 46 heavy (non-hydrogen) atoms.